The number of amides is 2. The Morgan fingerprint density at radius 1 is 1.28 bits per heavy atom. The van der Waals surface area contributed by atoms with Gasteiger partial charge in [0, 0.05) is 10.8 Å². The molecule has 0 spiro atoms. The normalized spacial score (nSPS) is 22.6. The Hall–Kier alpha value is -2.21. The van der Waals surface area contributed by atoms with E-state index in [1.54, 1.807) is 6.07 Å². The van der Waals surface area contributed by atoms with Crippen LogP contribution in [0.5, 0.6) is 11.5 Å². The van der Waals surface area contributed by atoms with Crippen molar-refractivity contribution in [2.24, 2.45) is 23.7 Å². The van der Waals surface area contributed by atoms with Crippen LogP contribution in [0.15, 0.2) is 46.4 Å². The van der Waals surface area contributed by atoms with Crippen LogP contribution < -0.4 is 4.74 Å². The van der Waals surface area contributed by atoms with Crippen molar-refractivity contribution in [2.75, 3.05) is 13.7 Å². The molecule has 4 rings (SSSR count). The average Bonchev–Trinajstić information content (AvgIpc) is 3.50. The third-order valence-electron chi connectivity index (χ3n) is 7.85. The monoisotopic (exact) mass is 665 g/mol. The molecule has 0 unspecified atom stereocenters. The molecule has 3 N–H and O–H groups in total. The fraction of sp³-hybridized carbons (Fsp3) is 0.467. The van der Waals surface area contributed by atoms with Crippen molar-refractivity contribution >= 4 is 51.8 Å². The number of fused-ring (bicyclic) bond motifs is 1. The highest BCUT2D eigenvalue weighted by molar-refractivity contribution is 14.1. The minimum Gasteiger partial charge on any atom is -0.504 e. The molecule has 39 heavy (non-hydrogen) atoms. The molecule has 2 aromatic rings. The van der Waals surface area contributed by atoms with Crippen molar-refractivity contribution in [1.82, 2.24) is 4.90 Å². The van der Waals surface area contributed by atoms with Crippen LogP contribution in [0.2, 0.25) is 0 Å². The van der Waals surface area contributed by atoms with E-state index in [1.165, 1.54) is 23.3 Å². The summed E-state index contributed by atoms with van der Waals surface area (Å²) in [6.07, 6.45) is 2.61. The number of aliphatic hydroxyl groups excluding tert-OH is 2. The molecule has 1 saturated heterocycles. The summed E-state index contributed by atoms with van der Waals surface area (Å²) in [6.45, 7) is 6.01. The molecule has 1 aromatic heterocycles. The van der Waals surface area contributed by atoms with Crippen LogP contribution in [0.3, 0.4) is 0 Å². The summed E-state index contributed by atoms with van der Waals surface area (Å²) in [4.78, 5) is 29.2. The van der Waals surface area contributed by atoms with Gasteiger partial charge in [0.1, 0.15) is 0 Å². The van der Waals surface area contributed by atoms with Gasteiger partial charge in [-0.2, -0.15) is 0 Å². The number of methoxy groups -OCH3 is 1. The number of phenolic OH excluding ortho intramolecular Hbond substituents is 1. The number of ether oxygens (including phenoxy) is 1. The van der Waals surface area contributed by atoms with Crippen LogP contribution in [-0.4, -0.2) is 51.9 Å². The fourth-order valence-corrected chi connectivity index (χ4v) is 7.25. The number of likely N-dealkylation sites (tertiary alicyclic amines) is 1. The zero-order chi connectivity index (χ0) is 28.4. The maximum absolute atomic E-state index is 13.5. The number of rotatable bonds is 10. The number of phenols is 1. The molecule has 1 fully saturated rings. The van der Waals surface area contributed by atoms with Crippen LogP contribution in [0, 0.1) is 27.2 Å². The molecule has 0 radical (unpaired) electrons. The van der Waals surface area contributed by atoms with Gasteiger partial charge in [-0.3, -0.25) is 14.5 Å². The summed E-state index contributed by atoms with van der Waals surface area (Å²) in [5, 5.41) is 34.0. The van der Waals surface area contributed by atoms with Gasteiger partial charge in [-0.1, -0.05) is 37.1 Å². The van der Waals surface area contributed by atoms with Crippen LogP contribution >= 0.6 is 33.9 Å². The number of benzene rings is 1. The van der Waals surface area contributed by atoms with Gasteiger partial charge in [-0.25, -0.2) is 0 Å². The average molecular weight is 666 g/mol. The van der Waals surface area contributed by atoms with Crippen molar-refractivity contribution in [1.29, 1.82) is 0 Å². The number of allylic oxidation sites excluding steroid dienone is 2. The second-order valence-electron chi connectivity index (χ2n) is 10.7. The molecular weight excluding hydrogens is 629 g/mol. The molecule has 2 heterocycles. The van der Waals surface area contributed by atoms with Gasteiger partial charge in [0.25, 0.3) is 0 Å². The molecule has 210 valence electrons. The van der Waals surface area contributed by atoms with Crippen molar-refractivity contribution < 1.29 is 29.6 Å². The van der Waals surface area contributed by atoms with Crippen LogP contribution in [0.25, 0.3) is 6.08 Å². The molecule has 9 heteroatoms. The summed E-state index contributed by atoms with van der Waals surface area (Å²) in [6, 6.07) is 7.45. The molecule has 4 atom stereocenters. The van der Waals surface area contributed by atoms with E-state index in [2.05, 4.69) is 22.6 Å². The summed E-state index contributed by atoms with van der Waals surface area (Å²) in [5.74, 6) is -1.60. The topological polar surface area (TPSA) is 107 Å². The maximum Gasteiger partial charge on any atom is 0.234 e. The van der Waals surface area contributed by atoms with Crippen LogP contribution in [-0.2, 0) is 16.1 Å². The van der Waals surface area contributed by atoms with E-state index in [-0.39, 0.29) is 36.6 Å². The number of hydrogen-bond donors (Lipinski definition) is 3. The van der Waals surface area contributed by atoms with E-state index in [9.17, 15) is 24.9 Å². The predicted molar refractivity (Wildman–Crippen MR) is 160 cm³/mol. The van der Waals surface area contributed by atoms with Gasteiger partial charge in [0.15, 0.2) is 11.5 Å². The first kappa shape index (κ1) is 29.8. The zero-order valence-corrected chi connectivity index (χ0v) is 25.7. The van der Waals surface area contributed by atoms with Crippen LogP contribution in [0.4, 0.5) is 0 Å². The molecule has 1 aromatic carbocycles. The Labute approximate surface area is 247 Å². The Balaban J connectivity index is 1.55. The van der Waals surface area contributed by atoms with Gasteiger partial charge < -0.3 is 20.1 Å². The SMILES string of the molecule is COc1cc(/C=C(\C)CC[C@@H](O)C2=C(C(C)C)C[C@H]3C(=O)N(Cc4cccs4)C(=O)[C@H]3[C@H]2CO)cc(I)c1O. The first-order valence-electron chi connectivity index (χ1n) is 13.2. The van der Waals surface area contributed by atoms with Crippen molar-refractivity contribution in [2.45, 2.75) is 52.7 Å². The smallest absolute Gasteiger partial charge is 0.234 e. The zero-order valence-electron chi connectivity index (χ0n) is 22.7. The van der Waals surface area contributed by atoms with Crippen molar-refractivity contribution in [3.05, 3.63) is 60.4 Å². The lowest BCUT2D eigenvalue weighted by atomic mass is 9.66. The second kappa shape index (κ2) is 12.5. The fourth-order valence-electron chi connectivity index (χ4n) is 5.93. The lowest BCUT2D eigenvalue weighted by Gasteiger charge is -2.38. The highest BCUT2D eigenvalue weighted by Gasteiger charge is 2.55. The minimum atomic E-state index is -0.840. The molecule has 7 nitrogen and oxygen atoms in total. The Morgan fingerprint density at radius 2 is 2.03 bits per heavy atom. The number of aliphatic hydroxyl groups is 2. The third kappa shape index (κ3) is 6.11. The van der Waals surface area contributed by atoms with Crippen molar-refractivity contribution in [3.63, 3.8) is 0 Å². The number of halogens is 1. The van der Waals surface area contributed by atoms with E-state index in [0.29, 0.717) is 28.6 Å². The number of thiophene rings is 1. The summed E-state index contributed by atoms with van der Waals surface area (Å²) in [7, 11) is 1.51. The number of imide groups is 1. The molecule has 2 amide bonds. The summed E-state index contributed by atoms with van der Waals surface area (Å²) in [5.41, 5.74) is 3.62. The van der Waals surface area contributed by atoms with E-state index in [1.807, 2.05) is 50.4 Å². The molecule has 2 aliphatic rings. The van der Waals surface area contributed by atoms with Crippen molar-refractivity contribution in [3.8, 4) is 11.5 Å². The van der Waals surface area contributed by atoms with E-state index in [0.717, 1.165) is 27.2 Å². The molecular formula is C30H36INO6S. The minimum absolute atomic E-state index is 0.0714. The Bertz CT molecular complexity index is 1280. The van der Waals surface area contributed by atoms with E-state index in [4.69, 9.17) is 4.74 Å². The Morgan fingerprint density at radius 3 is 2.64 bits per heavy atom. The standard InChI is InChI=1S/C30H36INO6S/c1-16(2)20-13-21-27(30(37)32(29(21)36)14-19-6-5-9-39-19)22(15-33)26(20)24(34)8-7-17(3)10-18-11-23(31)28(35)25(12-18)38-4/h5-6,9-12,16,21-22,24,27,33-35H,7-8,13-15H2,1-4H3/b17-10+/t21-,22+,24-,27-/m1/s1. The molecule has 1 aliphatic carbocycles. The second-order valence-corrected chi connectivity index (χ2v) is 12.9. The molecule has 1 aliphatic heterocycles. The number of carbonyl (C=O) groups is 2. The summed E-state index contributed by atoms with van der Waals surface area (Å²) >= 11 is 3.57. The number of hydrogen-bond acceptors (Lipinski definition) is 7. The first-order valence-corrected chi connectivity index (χ1v) is 15.2. The van der Waals surface area contributed by atoms with Crippen LogP contribution in [0.1, 0.15) is 50.5 Å². The van der Waals surface area contributed by atoms with Gasteiger partial charge in [-0.05, 0) is 89.4 Å². The third-order valence-corrected chi connectivity index (χ3v) is 9.54. The van der Waals surface area contributed by atoms with Gasteiger partial charge in [0.2, 0.25) is 11.8 Å². The molecule has 0 saturated carbocycles. The largest absolute Gasteiger partial charge is 0.504 e. The highest BCUT2D eigenvalue weighted by Crippen LogP contribution is 2.48. The lowest BCUT2D eigenvalue weighted by Crippen LogP contribution is -2.39. The number of nitrogens with zero attached hydrogens (tertiary/aromatic N) is 1. The Kier molecular flexibility index (Phi) is 9.57. The van der Waals surface area contributed by atoms with Gasteiger partial charge in [0.05, 0.1) is 41.8 Å². The van der Waals surface area contributed by atoms with E-state index < -0.39 is 23.9 Å². The maximum atomic E-state index is 13.5. The summed E-state index contributed by atoms with van der Waals surface area (Å²) < 4.78 is 5.95. The van der Waals surface area contributed by atoms with Gasteiger partial charge >= 0.3 is 0 Å². The molecule has 0 bridgehead atoms. The first-order chi connectivity index (χ1) is 18.6. The number of carbonyl (C=O) groups excluding carboxylic acids is 2. The predicted octanol–water partition coefficient (Wildman–Crippen LogP) is 5.38. The van der Waals surface area contributed by atoms with E-state index >= 15 is 0 Å². The van der Waals surface area contributed by atoms with Gasteiger partial charge in [-0.15, -0.1) is 11.3 Å². The number of aromatic hydroxyl groups is 1. The highest BCUT2D eigenvalue weighted by atomic mass is 127. The quantitative estimate of drug-likeness (QED) is 0.179. The lowest BCUT2D eigenvalue weighted by molar-refractivity contribution is -0.140.